The summed E-state index contributed by atoms with van der Waals surface area (Å²) < 4.78 is 0. The average Bonchev–Trinajstić information content (AvgIpc) is 2.92. The summed E-state index contributed by atoms with van der Waals surface area (Å²) in [6.07, 6.45) is 1.15. The zero-order valence-electron chi connectivity index (χ0n) is 24.3. The lowest BCUT2D eigenvalue weighted by Crippen LogP contribution is -2.63. The van der Waals surface area contributed by atoms with Crippen LogP contribution in [0.2, 0.25) is 0 Å². The molecule has 0 bridgehead atoms. The van der Waals surface area contributed by atoms with E-state index in [1.165, 1.54) is 10.5 Å². The summed E-state index contributed by atoms with van der Waals surface area (Å²) in [5.74, 6) is 0.263. The average molecular weight is 540 g/mol. The van der Waals surface area contributed by atoms with Gasteiger partial charge in [-0.15, -0.1) is 0 Å². The van der Waals surface area contributed by atoms with Crippen molar-refractivity contribution in [2.75, 3.05) is 13.1 Å². The van der Waals surface area contributed by atoms with Gasteiger partial charge in [0.15, 0.2) is 0 Å². The predicted molar refractivity (Wildman–Crippen MR) is 159 cm³/mol. The van der Waals surface area contributed by atoms with E-state index in [1.807, 2.05) is 62.4 Å². The number of nitrogens with one attached hydrogen (secondary N) is 1. The molecule has 1 fully saturated rings. The second kappa shape index (κ2) is 12.9. The van der Waals surface area contributed by atoms with Crippen LogP contribution in [0.5, 0.6) is 0 Å². The van der Waals surface area contributed by atoms with Gasteiger partial charge in [-0.2, -0.15) is 0 Å². The van der Waals surface area contributed by atoms with Crippen molar-refractivity contribution in [2.24, 2.45) is 5.92 Å². The number of hydrogen-bond donors (Lipinski definition) is 1. The van der Waals surface area contributed by atoms with Gasteiger partial charge in [0, 0.05) is 19.5 Å². The van der Waals surface area contributed by atoms with E-state index in [4.69, 9.17) is 0 Å². The molecule has 0 aliphatic carbocycles. The Labute approximate surface area is 238 Å². The quantitative estimate of drug-likeness (QED) is 0.470. The van der Waals surface area contributed by atoms with Crippen LogP contribution in [0.1, 0.15) is 60.2 Å². The van der Waals surface area contributed by atoms with E-state index in [9.17, 15) is 14.4 Å². The maximum absolute atomic E-state index is 13.8. The number of piperazine rings is 1. The molecule has 0 aromatic heterocycles. The summed E-state index contributed by atoms with van der Waals surface area (Å²) in [5.41, 5.74) is 6.25. The minimum Gasteiger partial charge on any atom is -0.354 e. The van der Waals surface area contributed by atoms with E-state index in [0.717, 1.165) is 28.2 Å². The van der Waals surface area contributed by atoms with E-state index in [-0.39, 0.29) is 24.3 Å². The number of carbonyl (C=O) groups is 3. The van der Waals surface area contributed by atoms with Crippen molar-refractivity contribution in [3.05, 3.63) is 106 Å². The van der Waals surface area contributed by atoms with Gasteiger partial charge in [0.25, 0.3) is 0 Å². The van der Waals surface area contributed by atoms with Gasteiger partial charge >= 0.3 is 0 Å². The number of aryl methyl sites for hydroxylation is 2. The van der Waals surface area contributed by atoms with Crippen molar-refractivity contribution in [1.82, 2.24) is 15.1 Å². The van der Waals surface area contributed by atoms with Crippen LogP contribution in [-0.4, -0.2) is 46.7 Å². The normalized spacial score (nSPS) is 17.0. The third-order valence-corrected chi connectivity index (χ3v) is 7.23. The smallest absolute Gasteiger partial charge is 0.247 e. The molecule has 0 saturated carbocycles. The SMILES string of the molecule is CC(C)C.Cc1ccc(CCNC(=O)C(c2ccc(C)cc2)N2CC(=O)N3Cc4ccccc4C[C@H]3C2=O)cc1. The number of benzene rings is 3. The standard InChI is InChI=1S/C30H31N3O3.C4H10/c1-20-7-11-22(12-8-20)15-16-31-29(35)28(23-13-9-21(2)10-14-23)33-19-27(34)32-18-25-6-4-3-5-24(25)17-26(32)30(33)36;1-4(2)3/h3-14,26,28H,15-19H2,1-2H3,(H,31,35);4H,1-3H3/t26-,28?;/m0./s1. The first kappa shape index (κ1) is 29.1. The molecular formula is C34H41N3O3. The molecule has 210 valence electrons. The van der Waals surface area contributed by atoms with E-state index in [0.29, 0.717) is 31.5 Å². The first-order valence-electron chi connectivity index (χ1n) is 14.2. The summed E-state index contributed by atoms with van der Waals surface area (Å²) in [5, 5.41) is 3.02. The van der Waals surface area contributed by atoms with Crippen LogP contribution >= 0.6 is 0 Å². The maximum atomic E-state index is 13.8. The van der Waals surface area contributed by atoms with E-state index >= 15 is 0 Å². The lowest BCUT2D eigenvalue weighted by atomic mass is 9.90. The molecule has 40 heavy (non-hydrogen) atoms. The lowest BCUT2D eigenvalue weighted by molar-refractivity contribution is -0.161. The number of hydrogen-bond acceptors (Lipinski definition) is 3. The fraction of sp³-hybridized carbons (Fsp3) is 0.382. The summed E-state index contributed by atoms with van der Waals surface area (Å²) in [4.78, 5) is 43.7. The predicted octanol–water partition coefficient (Wildman–Crippen LogP) is 5.16. The Hall–Kier alpha value is -3.93. The van der Waals surface area contributed by atoms with Crippen LogP contribution < -0.4 is 5.32 Å². The number of carbonyl (C=O) groups excluding carboxylic acids is 3. The van der Waals surface area contributed by atoms with Gasteiger partial charge in [-0.3, -0.25) is 14.4 Å². The molecule has 1 unspecified atom stereocenters. The van der Waals surface area contributed by atoms with Gasteiger partial charge < -0.3 is 15.1 Å². The molecule has 2 aliphatic rings. The molecule has 2 atom stereocenters. The second-order valence-electron chi connectivity index (χ2n) is 11.5. The molecule has 3 aromatic rings. The highest BCUT2D eigenvalue weighted by molar-refractivity contribution is 5.99. The van der Waals surface area contributed by atoms with Crippen molar-refractivity contribution < 1.29 is 14.4 Å². The van der Waals surface area contributed by atoms with Crippen LogP contribution in [0.3, 0.4) is 0 Å². The summed E-state index contributed by atoms with van der Waals surface area (Å²) >= 11 is 0. The van der Waals surface area contributed by atoms with Gasteiger partial charge in [0.05, 0.1) is 0 Å². The van der Waals surface area contributed by atoms with Crippen molar-refractivity contribution in [3.63, 3.8) is 0 Å². The molecule has 1 N–H and O–H groups in total. The summed E-state index contributed by atoms with van der Waals surface area (Å²) in [6, 6.07) is 22.3. The van der Waals surface area contributed by atoms with Gasteiger partial charge in [0.2, 0.25) is 17.7 Å². The summed E-state index contributed by atoms with van der Waals surface area (Å²) in [7, 11) is 0. The molecule has 6 heteroatoms. The lowest BCUT2D eigenvalue weighted by Gasteiger charge is -2.45. The zero-order chi connectivity index (χ0) is 28.8. The Kier molecular flexibility index (Phi) is 9.41. The molecule has 0 radical (unpaired) electrons. The Morgan fingerprint density at radius 1 is 0.850 bits per heavy atom. The Morgan fingerprint density at radius 3 is 2.05 bits per heavy atom. The van der Waals surface area contributed by atoms with Crippen LogP contribution in [-0.2, 0) is 33.8 Å². The minimum absolute atomic E-state index is 0.110. The molecule has 3 aromatic carbocycles. The third kappa shape index (κ3) is 6.98. The fourth-order valence-electron chi connectivity index (χ4n) is 5.13. The molecule has 2 heterocycles. The van der Waals surface area contributed by atoms with Crippen LogP contribution in [0.15, 0.2) is 72.8 Å². The van der Waals surface area contributed by atoms with Gasteiger partial charge in [-0.25, -0.2) is 0 Å². The van der Waals surface area contributed by atoms with E-state index < -0.39 is 12.1 Å². The molecule has 2 aliphatic heterocycles. The third-order valence-electron chi connectivity index (χ3n) is 7.23. The van der Waals surface area contributed by atoms with Crippen LogP contribution in [0.25, 0.3) is 0 Å². The molecule has 3 amide bonds. The number of amides is 3. The molecule has 1 saturated heterocycles. The van der Waals surface area contributed by atoms with Gasteiger partial charge in [-0.1, -0.05) is 105 Å². The second-order valence-corrected chi connectivity index (χ2v) is 11.5. The molecule has 6 nitrogen and oxygen atoms in total. The largest absolute Gasteiger partial charge is 0.354 e. The zero-order valence-corrected chi connectivity index (χ0v) is 24.3. The van der Waals surface area contributed by atoms with E-state index in [1.54, 1.807) is 4.90 Å². The number of fused-ring (bicyclic) bond motifs is 2. The summed E-state index contributed by atoms with van der Waals surface area (Å²) in [6.45, 7) is 11.3. The monoisotopic (exact) mass is 539 g/mol. The molecule has 5 rings (SSSR count). The number of rotatable bonds is 6. The highest BCUT2D eigenvalue weighted by Gasteiger charge is 2.46. The highest BCUT2D eigenvalue weighted by Crippen LogP contribution is 2.32. The van der Waals surface area contributed by atoms with Gasteiger partial charge in [0.1, 0.15) is 18.6 Å². The Morgan fingerprint density at radius 2 is 1.43 bits per heavy atom. The number of nitrogens with zero attached hydrogens (tertiary/aromatic N) is 2. The highest BCUT2D eigenvalue weighted by atomic mass is 16.2. The van der Waals surface area contributed by atoms with Crippen molar-refractivity contribution in [1.29, 1.82) is 0 Å². The first-order chi connectivity index (χ1) is 19.1. The molecular weight excluding hydrogens is 498 g/mol. The van der Waals surface area contributed by atoms with Crippen LogP contribution in [0, 0.1) is 19.8 Å². The van der Waals surface area contributed by atoms with Gasteiger partial charge in [-0.05, 0) is 48.4 Å². The minimum atomic E-state index is -0.862. The van der Waals surface area contributed by atoms with Crippen molar-refractivity contribution in [2.45, 2.75) is 66.1 Å². The first-order valence-corrected chi connectivity index (χ1v) is 14.2. The van der Waals surface area contributed by atoms with Crippen LogP contribution in [0.4, 0.5) is 0 Å². The Bertz CT molecular complexity index is 1330. The fourth-order valence-corrected chi connectivity index (χ4v) is 5.13. The topological polar surface area (TPSA) is 69.7 Å². The van der Waals surface area contributed by atoms with Crippen molar-refractivity contribution >= 4 is 17.7 Å². The van der Waals surface area contributed by atoms with E-state index in [2.05, 4.69) is 50.4 Å². The van der Waals surface area contributed by atoms with Crippen molar-refractivity contribution in [3.8, 4) is 0 Å². The Balaban J connectivity index is 0.000000867. The molecule has 0 spiro atoms. The maximum Gasteiger partial charge on any atom is 0.247 e.